The molecule has 80 valence electrons. The topological polar surface area (TPSA) is 21.7 Å². The van der Waals surface area contributed by atoms with Crippen molar-refractivity contribution in [1.29, 1.82) is 0 Å². The van der Waals surface area contributed by atoms with E-state index >= 15 is 0 Å². The van der Waals surface area contributed by atoms with E-state index in [-0.39, 0.29) is 6.29 Å². The van der Waals surface area contributed by atoms with E-state index in [4.69, 9.17) is 9.47 Å². The summed E-state index contributed by atoms with van der Waals surface area (Å²) in [7, 11) is 2.09. The van der Waals surface area contributed by atoms with Crippen molar-refractivity contribution in [3.05, 3.63) is 0 Å². The van der Waals surface area contributed by atoms with Crippen molar-refractivity contribution in [1.82, 2.24) is 4.90 Å². The van der Waals surface area contributed by atoms with E-state index in [1.54, 1.807) is 0 Å². The van der Waals surface area contributed by atoms with Gasteiger partial charge in [0.15, 0.2) is 6.29 Å². The fraction of sp³-hybridized carbons (Fsp3) is 1.00. The number of hydrogen-bond acceptors (Lipinski definition) is 3. The minimum atomic E-state index is -0.0634. The molecule has 3 heteroatoms. The lowest BCUT2D eigenvalue weighted by molar-refractivity contribution is -0.145. The molecule has 0 aliphatic heterocycles. The highest BCUT2D eigenvalue weighted by atomic mass is 16.7. The fourth-order valence-electron chi connectivity index (χ4n) is 1.25. The molecule has 0 bridgehead atoms. The standard InChI is InChI=1S/C10H23NO2/c1-5-8-11(4)9-10(12-6-2)13-7-3/h10H,5-9H2,1-4H3. The molecule has 0 spiro atoms. The van der Waals surface area contributed by atoms with Crippen molar-refractivity contribution in [3.63, 3.8) is 0 Å². The van der Waals surface area contributed by atoms with Crippen LogP contribution < -0.4 is 0 Å². The van der Waals surface area contributed by atoms with Crippen LogP contribution in [0.1, 0.15) is 27.2 Å². The first-order valence-electron chi connectivity index (χ1n) is 5.16. The summed E-state index contributed by atoms with van der Waals surface area (Å²) in [5, 5.41) is 0. The maximum absolute atomic E-state index is 5.44. The molecular weight excluding hydrogens is 166 g/mol. The number of likely N-dealkylation sites (N-methyl/N-ethyl adjacent to an activating group) is 1. The van der Waals surface area contributed by atoms with E-state index in [2.05, 4.69) is 18.9 Å². The Hall–Kier alpha value is -0.120. The maximum atomic E-state index is 5.44. The lowest BCUT2D eigenvalue weighted by Gasteiger charge is -2.23. The lowest BCUT2D eigenvalue weighted by atomic mass is 10.4. The Labute approximate surface area is 82.0 Å². The van der Waals surface area contributed by atoms with Crippen molar-refractivity contribution < 1.29 is 9.47 Å². The summed E-state index contributed by atoms with van der Waals surface area (Å²) >= 11 is 0. The van der Waals surface area contributed by atoms with Gasteiger partial charge in [0, 0.05) is 19.8 Å². The quantitative estimate of drug-likeness (QED) is 0.543. The lowest BCUT2D eigenvalue weighted by Crippen LogP contribution is -2.33. The van der Waals surface area contributed by atoms with Gasteiger partial charge in [-0.15, -0.1) is 0 Å². The second kappa shape index (κ2) is 8.48. The number of hydrogen-bond donors (Lipinski definition) is 0. The van der Waals surface area contributed by atoms with E-state index in [1.165, 1.54) is 6.42 Å². The first-order valence-corrected chi connectivity index (χ1v) is 5.16. The van der Waals surface area contributed by atoms with E-state index in [9.17, 15) is 0 Å². The molecule has 13 heavy (non-hydrogen) atoms. The first-order chi connectivity index (χ1) is 6.24. The number of ether oxygens (including phenoxy) is 2. The molecule has 3 nitrogen and oxygen atoms in total. The van der Waals surface area contributed by atoms with Gasteiger partial charge in [0.1, 0.15) is 0 Å². The zero-order valence-corrected chi connectivity index (χ0v) is 9.38. The summed E-state index contributed by atoms with van der Waals surface area (Å²) in [6.07, 6.45) is 1.10. The second-order valence-corrected chi connectivity index (χ2v) is 3.10. The zero-order valence-electron chi connectivity index (χ0n) is 9.38. The maximum Gasteiger partial charge on any atom is 0.170 e. The van der Waals surface area contributed by atoms with Crippen molar-refractivity contribution in [2.45, 2.75) is 33.5 Å². The minimum absolute atomic E-state index is 0.0634. The van der Waals surface area contributed by atoms with Gasteiger partial charge in [-0.1, -0.05) is 6.92 Å². The molecule has 0 fully saturated rings. The SMILES string of the molecule is CCCN(C)CC(OCC)OCC. The van der Waals surface area contributed by atoms with Crippen LogP contribution in [0.2, 0.25) is 0 Å². The average Bonchev–Trinajstić information content (AvgIpc) is 2.05. The molecule has 0 aromatic rings. The normalized spacial score (nSPS) is 11.5. The molecule has 0 unspecified atom stereocenters. The Morgan fingerprint density at radius 3 is 2.00 bits per heavy atom. The summed E-state index contributed by atoms with van der Waals surface area (Å²) in [5.41, 5.74) is 0. The zero-order chi connectivity index (χ0) is 10.1. The third-order valence-corrected chi connectivity index (χ3v) is 1.77. The Morgan fingerprint density at radius 2 is 1.62 bits per heavy atom. The van der Waals surface area contributed by atoms with Crippen LogP contribution >= 0.6 is 0 Å². The van der Waals surface area contributed by atoms with Gasteiger partial charge >= 0.3 is 0 Å². The molecule has 0 rings (SSSR count). The van der Waals surface area contributed by atoms with Crippen LogP contribution in [0.15, 0.2) is 0 Å². The molecule has 0 aromatic carbocycles. The van der Waals surface area contributed by atoms with Gasteiger partial charge < -0.3 is 14.4 Å². The summed E-state index contributed by atoms with van der Waals surface area (Å²) < 4.78 is 10.9. The van der Waals surface area contributed by atoms with Crippen LogP contribution in [0.3, 0.4) is 0 Å². The van der Waals surface area contributed by atoms with Gasteiger partial charge in [-0.2, -0.15) is 0 Å². The summed E-state index contributed by atoms with van der Waals surface area (Å²) in [5.74, 6) is 0. The Kier molecular flexibility index (Phi) is 8.40. The van der Waals surface area contributed by atoms with Gasteiger partial charge in [-0.25, -0.2) is 0 Å². The molecule has 0 atom stereocenters. The molecule has 0 amide bonds. The molecule has 0 aromatic heterocycles. The summed E-state index contributed by atoms with van der Waals surface area (Å²) in [6.45, 7) is 9.53. The van der Waals surface area contributed by atoms with E-state index in [0.29, 0.717) is 13.2 Å². The van der Waals surface area contributed by atoms with Crippen LogP contribution in [0.4, 0.5) is 0 Å². The van der Waals surface area contributed by atoms with Crippen LogP contribution in [-0.2, 0) is 9.47 Å². The largest absolute Gasteiger partial charge is 0.352 e. The van der Waals surface area contributed by atoms with Crippen molar-refractivity contribution in [2.24, 2.45) is 0 Å². The number of rotatable bonds is 8. The molecule has 0 N–H and O–H groups in total. The van der Waals surface area contributed by atoms with Crippen LogP contribution in [-0.4, -0.2) is 44.5 Å². The molecular formula is C10H23NO2. The van der Waals surface area contributed by atoms with Crippen molar-refractivity contribution in [3.8, 4) is 0 Å². The predicted octanol–water partition coefficient (Wildman–Crippen LogP) is 1.73. The Morgan fingerprint density at radius 1 is 1.08 bits per heavy atom. The summed E-state index contributed by atoms with van der Waals surface area (Å²) in [4.78, 5) is 2.23. The number of nitrogens with zero attached hydrogens (tertiary/aromatic N) is 1. The van der Waals surface area contributed by atoms with Gasteiger partial charge in [0.2, 0.25) is 0 Å². The van der Waals surface area contributed by atoms with Gasteiger partial charge in [0.05, 0.1) is 0 Å². The van der Waals surface area contributed by atoms with Crippen LogP contribution in [0.5, 0.6) is 0 Å². The summed E-state index contributed by atoms with van der Waals surface area (Å²) in [6, 6.07) is 0. The van der Waals surface area contributed by atoms with Crippen molar-refractivity contribution in [2.75, 3.05) is 33.4 Å². The molecule has 0 radical (unpaired) electrons. The van der Waals surface area contributed by atoms with E-state index < -0.39 is 0 Å². The molecule has 0 saturated carbocycles. The Bertz CT molecular complexity index is 103. The van der Waals surface area contributed by atoms with E-state index in [0.717, 1.165) is 13.1 Å². The third-order valence-electron chi connectivity index (χ3n) is 1.77. The molecule has 0 heterocycles. The van der Waals surface area contributed by atoms with Gasteiger partial charge in [0.25, 0.3) is 0 Å². The second-order valence-electron chi connectivity index (χ2n) is 3.10. The predicted molar refractivity (Wildman–Crippen MR) is 54.8 cm³/mol. The fourth-order valence-corrected chi connectivity index (χ4v) is 1.25. The highest BCUT2D eigenvalue weighted by molar-refractivity contribution is 4.53. The molecule has 0 saturated heterocycles. The Balaban J connectivity index is 3.64. The smallest absolute Gasteiger partial charge is 0.170 e. The molecule has 0 aliphatic carbocycles. The van der Waals surface area contributed by atoms with Crippen molar-refractivity contribution >= 4 is 0 Å². The average molecular weight is 189 g/mol. The molecule has 0 aliphatic rings. The van der Waals surface area contributed by atoms with Gasteiger partial charge in [-0.3, -0.25) is 0 Å². The van der Waals surface area contributed by atoms with E-state index in [1.807, 2.05) is 13.8 Å². The monoisotopic (exact) mass is 189 g/mol. The minimum Gasteiger partial charge on any atom is -0.352 e. The highest BCUT2D eigenvalue weighted by Crippen LogP contribution is 1.98. The van der Waals surface area contributed by atoms with Crippen LogP contribution in [0, 0.1) is 0 Å². The first kappa shape index (κ1) is 12.9. The van der Waals surface area contributed by atoms with Crippen LogP contribution in [0.25, 0.3) is 0 Å². The third kappa shape index (κ3) is 6.99. The highest BCUT2D eigenvalue weighted by Gasteiger charge is 2.10. The van der Waals surface area contributed by atoms with Gasteiger partial charge in [-0.05, 0) is 33.9 Å².